The Labute approximate surface area is 131 Å². The van der Waals surface area contributed by atoms with Gasteiger partial charge in [0.05, 0.1) is 6.04 Å². The van der Waals surface area contributed by atoms with E-state index in [9.17, 15) is 0 Å². The summed E-state index contributed by atoms with van der Waals surface area (Å²) in [6, 6.07) is 0.355. The zero-order valence-corrected chi connectivity index (χ0v) is 14.0. The second-order valence-corrected chi connectivity index (χ2v) is 8.65. The van der Waals surface area contributed by atoms with Crippen molar-refractivity contribution in [2.75, 3.05) is 6.54 Å². The van der Waals surface area contributed by atoms with Gasteiger partial charge in [-0.1, -0.05) is 18.3 Å². The lowest BCUT2D eigenvalue weighted by Gasteiger charge is -2.53. The predicted octanol–water partition coefficient (Wildman–Crippen LogP) is 4.14. The van der Waals surface area contributed by atoms with Crippen molar-refractivity contribution in [1.82, 2.24) is 15.5 Å². The molecule has 4 saturated carbocycles. The molecule has 5 rings (SSSR count). The maximum Gasteiger partial charge on any atom is 0.134 e. The number of nitrogens with zero attached hydrogens (tertiary/aromatic N) is 2. The molecular weight excluding hydrogens is 278 g/mol. The molecule has 0 radical (unpaired) electrons. The van der Waals surface area contributed by atoms with Gasteiger partial charge >= 0.3 is 0 Å². The molecule has 1 aromatic rings. The van der Waals surface area contributed by atoms with E-state index in [-0.39, 0.29) is 0 Å². The summed E-state index contributed by atoms with van der Waals surface area (Å²) in [5.41, 5.74) is 0. The molecule has 0 amide bonds. The maximum absolute atomic E-state index is 4.62. The first kappa shape index (κ1) is 14.1. The summed E-state index contributed by atoms with van der Waals surface area (Å²) in [7, 11) is 0. The number of hydrogen-bond donors (Lipinski definition) is 1. The van der Waals surface area contributed by atoms with Crippen LogP contribution < -0.4 is 5.32 Å². The van der Waals surface area contributed by atoms with Gasteiger partial charge in [-0.2, -0.15) is 0 Å². The molecule has 4 aliphatic rings. The van der Waals surface area contributed by atoms with Gasteiger partial charge in [-0.3, -0.25) is 0 Å². The molecule has 3 nitrogen and oxygen atoms in total. The summed E-state index contributed by atoms with van der Waals surface area (Å²) < 4.78 is 0. The third-order valence-electron chi connectivity index (χ3n) is 6.04. The van der Waals surface area contributed by atoms with E-state index < -0.39 is 0 Å². The summed E-state index contributed by atoms with van der Waals surface area (Å²) in [6.45, 7) is 5.49. The molecule has 116 valence electrons. The highest BCUT2D eigenvalue weighted by Gasteiger charge is 2.49. The van der Waals surface area contributed by atoms with Crippen molar-refractivity contribution in [2.24, 2.45) is 23.7 Å². The number of aromatic nitrogens is 2. The van der Waals surface area contributed by atoms with Crippen LogP contribution in [0.2, 0.25) is 0 Å². The van der Waals surface area contributed by atoms with Crippen LogP contribution >= 0.6 is 11.3 Å². The second-order valence-electron chi connectivity index (χ2n) is 7.61. The van der Waals surface area contributed by atoms with Gasteiger partial charge in [0.2, 0.25) is 0 Å². The minimum Gasteiger partial charge on any atom is -0.308 e. The first-order valence-electron chi connectivity index (χ1n) is 8.81. The molecule has 0 spiro atoms. The molecule has 0 aromatic carbocycles. The second kappa shape index (κ2) is 5.62. The summed E-state index contributed by atoms with van der Waals surface area (Å²) in [4.78, 5) is 0. The Kier molecular flexibility index (Phi) is 3.78. The van der Waals surface area contributed by atoms with E-state index >= 15 is 0 Å². The van der Waals surface area contributed by atoms with Crippen molar-refractivity contribution < 1.29 is 0 Å². The first-order valence-corrected chi connectivity index (χ1v) is 9.63. The van der Waals surface area contributed by atoms with Gasteiger partial charge in [0.15, 0.2) is 0 Å². The van der Waals surface area contributed by atoms with Gasteiger partial charge in [-0.15, -0.1) is 10.2 Å². The minimum atomic E-state index is 0.355. The van der Waals surface area contributed by atoms with Crippen molar-refractivity contribution in [3.8, 4) is 0 Å². The molecule has 0 aliphatic heterocycles. The zero-order chi connectivity index (χ0) is 14.4. The van der Waals surface area contributed by atoms with Crippen molar-refractivity contribution in [3.05, 3.63) is 10.0 Å². The molecule has 1 unspecified atom stereocenters. The predicted molar refractivity (Wildman–Crippen MR) is 86.4 cm³/mol. The Balaban J connectivity index is 1.50. The molecule has 1 heterocycles. The van der Waals surface area contributed by atoms with E-state index in [1.54, 1.807) is 0 Å². The Morgan fingerprint density at radius 3 is 2.38 bits per heavy atom. The quantitative estimate of drug-likeness (QED) is 0.888. The summed E-state index contributed by atoms with van der Waals surface area (Å²) >= 11 is 1.89. The Hall–Kier alpha value is -0.480. The molecule has 4 bridgehead atoms. The molecule has 21 heavy (non-hydrogen) atoms. The molecule has 4 aliphatic carbocycles. The standard InChI is InChI=1S/C17H27N3S/c1-3-4-18-10(2)16-19-20-17(21-16)15-13-6-11-5-12(8-13)9-14(15)7-11/h10-15,18H,3-9H2,1-2H3. The molecule has 4 fully saturated rings. The normalized spacial score (nSPS) is 38.9. The monoisotopic (exact) mass is 305 g/mol. The van der Waals surface area contributed by atoms with E-state index in [1.165, 1.54) is 48.5 Å². The molecular formula is C17H27N3S. The fourth-order valence-corrected chi connectivity index (χ4v) is 6.49. The highest BCUT2D eigenvalue weighted by Crippen LogP contribution is 2.60. The lowest BCUT2D eigenvalue weighted by molar-refractivity contribution is -0.00303. The van der Waals surface area contributed by atoms with Crippen LogP contribution in [0.1, 0.15) is 74.3 Å². The van der Waals surface area contributed by atoms with Gasteiger partial charge in [-0.05, 0) is 75.7 Å². The van der Waals surface area contributed by atoms with Crippen LogP contribution in [0, 0.1) is 23.7 Å². The maximum atomic E-state index is 4.62. The van der Waals surface area contributed by atoms with E-state index in [4.69, 9.17) is 0 Å². The summed E-state index contributed by atoms with van der Waals surface area (Å²) in [5.74, 6) is 4.66. The SMILES string of the molecule is CCCNC(C)c1nnc(C2C3CC4CC(C3)CC2C4)s1. The summed E-state index contributed by atoms with van der Waals surface area (Å²) in [6.07, 6.45) is 8.57. The number of hydrogen-bond acceptors (Lipinski definition) is 4. The Morgan fingerprint density at radius 2 is 1.76 bits per heavy atom. The Bertz CT molecular complexity index is 470. The third kappa shape index (κ3) is 2.55. The van der Waals surface area contributed by atoms with Gasteiger partial charge in [0, 0.05) is 5.92 Å². The lowest BCUT2D eigenvalue weighted by Crippen LogP contribution is -2.43. The van der Waals surface area contributed by atoms with Crippen LogP contribution in [0.3, 0.4) is 0 Å². The van der Waals surface area contributed by atoms with Crippen LogP contribution in [-0.2, 0) is 0 Å². The smallest absolute Gasteiger partial charge is 0.134 e. The highest BCUT2D eigenvalue weighted by atomic mass is 32.1. The van der Waals surface area contributed by atoms with Gasteiger partial charge in [-0.25, -0.2) is 0 Å². The number of nitrogens with one attached hydrogen (secondary N) is 1. The molecule has 0 saturated heterocycles. The third-order valence-corrected chi connectivity index (χ3v) is 7.25. The van der Waals surface area contributed by atoms with Gasteiger partial charge in [0.1, 0.15) is 10.0 Å². The van der Waals surface area contributed by atoms with E-state index in [1.807, 2.05) is 11.3 Å². The molecule has 1 atom stereocenters. The van der Waals surface area contributed by atoms with Crippen molar-refractivity contribution >= 4 is 11.3 Å². The fraction of sp³-hybridized carbons (Fsp3) is 0.882. The van der Waals surface area contributed by atoms with E-state index in [0.29, 0.717) is 6.04 Å². The minimum absolute atomic E-state index is 0.355. The van der Waals surface area contributed by atoms with Crippen LogP contribution in [0.5, 0.6) is 0 Å². The molecule has 1 aromatic heterocycles. The van der Waals surface area contributed by atoms with Crippen molar-refractivity contribution in [2.45, 2.75) is 64.3 Å². The highest BCUT2D eigenvalue weighted by molar-refractivity contribution is 7.11. The lowest BCUT2D eigenvalue weighted by atomic mass is 9.52. The average molecular weight is 305 g/mol. The Morgan fingerprint density at radius 1 is 1.10 bits per heavy atom. The van der Waals surface area contributed by atoms with Crippen LogP contribution in [0.25, 0.3) is 0 Å². The first-order chi connectivity index (χ1) is 10.2. The largest absolute Gasteiger partial charge is 0.308 e. The average Bonchev–Trinajstić information content (AvgIpc) is 2.93. The zero-order valence-electron chi connectivity index (χ0n) is 13.2. The molecule has 4 heteroatoms. The fourth-order valence-electron chi connectivity index (χ4n) is 5.33. The van der Waals surface area contributed by atoms with Gasteiger partial charge in [0.25, 0.3) is 0 Å². The van der Waals surface area contributed by atoms with Crippen LogP contribution in [0.15, 0.2) is 0 Å². The summed E-state index contributed by atoms with van der Waals surface area (Å²) in [5, 5.41) is 15.2. The molecule has 1 N–H and O–H groups in total. The van der Waals surface area contributed by atoms with Crippen molar-refractivity contribution in [3.63, 3.8) is 0 Å². The van der Waals surface area contributed by atoms with Crippen LogP contribution in [-0.4, -0.2) is 16.7 Å². The topological polar surface area (TPSA) is 37.8 Å². The number of rotatable bonds is 5. The van der Waals surface area contributed by atoms with E-state index in [0.717, 1.165) is 36.1 Å². The van der Waals surface area contributed by atoms with Gasteiger partial charge < -0.3 is 5.32 Å². The van der Waals surface area contributed by atoms with Crippen molar-refractivity contribution in [1.29, 1.82) is 0 Å². The van der Waals surface area contributed by atoms with E-state index in [2.05, 4.69) is 29.4 Å². The van der Waals surface area contributed by atoms with Crippen LogP contribution in [0.4, 0.5) is 0 Å².